The summed E-state index contributed by atoms with van der Waals surface area (Å²) in [5.41, 5.74) is 1.87. The summed E-state index contributed by atoms with van der Waals surface area (Å²) in [7, 11) is 4.10. The van der Waals surface area contributed by atoms with E-state index in [-0.39, 0.29) is 5.91 Å². The fraction of sp³-hybridized carbons (Fsp3) is 0.261. The van der Waals surface area contributed by atoms with Gasteiger partial charge in [-0.2, -0.15) is 0 Å². The largest absolute Gasteiger partial charge is 0.369 e. The van der Waals surface area contributed by atoms with Crippen molar-refractivity contribution in [2.75, 3.05) is 37.8 Å². The van der Waals surface area contributed by atoms with Crippen molar-refractivity contribution in [3.05, 3.63) is 83.9 Å². The van der Waals surface area contributed by atoms with Crippen molar-refractivity contribution >= 4 is 17.5 Å². The van der Waals surface area contributed by atoms with Crippen LogP contribution in [-0.2, 0) is 4.79 Å². The molecule has 0 bridgehead atoms. The van der Waals surface area contributed by atoms with Gasteiger partial charge in [0.25, 0.3) is 0 Å². The maximum atomic E-state index is 13.1. The molecule has 6 heteroatoms. The first-order chi connectivity index (χ1) is 14.1. The molecule has 3 aromatic rings. The highest BCUT2D eigenvalue weighted by Crippen LogP contribution is 2.26. The number of nitrogens with one attached hydrogen (secondary N) is 2. The number of amides is 1. The van der Waals surface area contributed by atoms with Gasteiger partial charge in [0, 0.05) is 6.54 Å². The van der Waals surface area contributed by atoms with Gasteiger partial charge in [0.15, 0.2) is 5.82 Å². The number of carbonyl (C=O) groups excluding carboxylic acids is 1. The molecular formula is C23H27N5O. The van der Waals surface area contributed by atoms with E-state index in [0.717, 1.165) is 30.6 Å². The van der Waals surface area contributed by atoms with E-state index in [2.05, 4.69) is 39.8 Å². The van der Waals surface area contributed by atoms with Crippen molar-refractivity contribution in [1.29, 1.82) is 0 Å². The van der Waals surface area contributed by atoms with Crippen LogP contribution in [0, 0.1) is 0 Å². The Morgan fingerprint density at radius 3 is 1.93 bits per heavy atom. The summed E-state index contributed by atoms with van der Waals surface area (Å²) < 4.78 is 0. The van der Waals surface area contributed by atoms with Crippen LogP contribution in [0.1, 0.15) is 23.5 Å². The lowest BCUT2D eigenvalue weighted by atomic mass is 9.90. The van der Waals surface area contributed by atoms with Gasteiger partial charge in [0.2, 0.25) is 5.91 Å². The maximum Gasteiger partial charge on any atom is 0.237 e. The highest BCUT2D eigenvalue weighted by molar-refractivity contribution is 5.97. The molecule has 0 aliphatic carbocycles. The van der Waals surface area contributed by atoms with Crippen LogP contribution in [0.2, 0.25) is 0 Å². The maximum absolute atomic E-state index is 13.1. The minimum absolute atomic E-state index is 0.136. The molecule has 150 valence electrons. The molecule has 29 heavy (non-hydrogen) atoms. The summed E-state index contributed by atoms with van der Waals surface area (Å²) in [5, 5.41) is 14.5. The van der Waals surface area contributed by atoms with Gasteiger partial charge in [-0.1, -0.05) is 60.7 Å². The number of hydrogen-bond donors (Lipinski definition) is 2. The van der Waals surface area contributed by atoms with Crippen molar-refractivity contribution in [2.45, 2.75) is 12.3 Å². The minimum Gasteiger partial charge on any atom is -0.369 e. The van der Waals surface area contributed by atoms with E-state index in [1.165, 1.54) is 0 Å². The van der Waals surface area contributed by atoms with E-state index in [1.54, 1.807) is 6.07 Å². The fourth-order valence-corrected chi connectivity index (χ4v) is 3.09. The van der Waals surface area contributed by atoms with E-state index in [4.69, 9.17) is 0 Å². The molecule has 0 fully saturated rings. The number of carbonyl (C=O) groups is 1. The molecule has 2 aromatic carbocycles. The smallest absolute Gasteiger partial charge is 0.237 e. The van der Waals surface area contributed by atoms with Crippen LogP contribution in [0.5, 0.6) is 0 Å². The number of rotatable bonds is 9. The highest BCUT2D eigenvalue weighted by Gasteiger charge is 2.23. The lowest BCUT2D eigenvalue weighted by molar-refractivity contribution is -0.116. The average molecular weight is 390 g/mol. The lowest BCUT2D eigenvalue weighted by Crippen LogP contribution is -2.23. The second kappa shape index (κ2) is 10.3. The fourth-order valence-electron chi connectivity index (χ4n) is 3.09. The first kappa shape index (κ1) is 20.5. The summed E-state index contributed by atoms with van der Waals surface area (Å²) in [4.78, 5) is 15.2. The van der Waals surface area contributed by atoms with Gasteiger partial charge in [0.1, 0.15) is 5.82 Å². The summed E-state index contributed by atoms with van der Waals surface area (Å²) in [6.45, 7) is 1.83. The normalized spacial score (nSPS) is 10.9. The number of aromatic nitrogens is 2. The standard InChI is InChI=1S/C23H27N5O/c1-28(2)17-9-16-24-20-14-15-21(27-26-20)25-23(29)22(18-10-5-3-6-11-18)19-12-7-4-8-13-19/h3-8,10-15,22H,9,16-17H2,1-2H3,(H,24,26)(H,25,27,29). The second-order valence-corrected chi connectivity index (χ2v) is 7.13. The zero-order valence-corrected chi connectivity index (χ0v) is 16.9. The van der Waals surface area contributed by atoms with Gasteiger partial charge in [-0.05, 0) is 50.3 Å². The Hall–Kier alpha value is -3.25. The number of nitrogens with zero attached hydrogens (tertiary/aromatic N) is 3. The molecule has 3 rings (SSSR count). The van der Waals surface area contributed by atoms with Gasteiger partial charge in [-0.25, -0.2) is 0 Å². The molecular weight excluding hydrogens is 362 g/mol. The molecule has 0 atom stereocenters. The molecule has 1 heterocycles. The predicted molar refractivity (Wildman–Crippen MR) is 117 cm³/mol. The second-order valence-electron chi connectivity index (χ2n) is 7.13. The number of benzene rings is 2. The molecule has 0 unspecified atom stereocenters. The molecule has 6 nitrogen and oxygen atoms in total. The zero-order valence-electron chi connectivity index (χ0n) is 16.9. The highest BCUT2D eigenvalue weighted by atomic mass is 16.2. The van der Waals surface area contributed by atoms with Crippen molar-refractivity contribution < 1.29 is 4.79 Å². The molecule has 0 spiro atoms. The molecule has 1 amide bonds. The first-order valence-corrected chi connectivity index (χ1v) is 9.76. The topological polar surface area (TPSA) is 70.2 Å². The Morgan fingerprint density at radius 1 is 0.862 bits per heavy atom. The quantitative estimate of drug-likeness (QED) is 0.547. The number of hydrogen-bond acceptors (Lipinski definition) is 5. The van der Waals surface area contributed by atoms with Gasteiger partial charge in [-0.3, -0.25) is 4.79 Å². The van der Waals surface area contributed by atoms with E-state index in [0.29, 0.717) is 11.6 Å². The van der Waals surface area contributed by atoms with Crippen molar-refractivity contribution in [3.8, 4) is 0 Å². The molecule has 0 aliphatic rings. The Kier molecular flexibility index (Phi) is 7.30. The van der Waals surface area contributed by atoms with E-state index in [1.807, 2.05) is 66.7 Å². The molecule has 0 aliphatic heterocycles. The van der Waals surface area contributed by atoms with Gasteiger partial charge >= 0.3 is 0 Å². The Morgan fingerprint density at radius 2 is 1.41 bits per heavy atom. The summed E-state index contributed by atoms with van der Waals surface area (Å²) >= 11 is 0. The number of anilines is 2. The molecule has 1 aromatic heterocycles. The van der Waals surface area contributed by atoms with Crippen molar-refractivity contribution in [3.63, 3.8) is 0 Å². The van der Waals surface area contributed by atoms with Crippen molar-refractivity contribution in [1.82, 2.24) is 15.1 Å². The third-order valence-electron chi connectivity index (χ3n) is 4.53. The first-order valence-electron chi connectivity index (χ1n) is 9.76. The third kappa shape index (κ3) is 6.12. The van der Waals surface area contributed by atoms with Gasteiger partial charge in [0.05, 0.1) is 5.92 Å². The van der Waals surface area contributed by atoms with Crippen LogP contribution in [0.4, 0.5) is 11.6 Å². The Labute approximate surface area is 172 Å². The summed E-state index contributed by atoms with van der Waals surface area (Å²) in [6.07, 6.45) is 1.02. The molecule has 0 radical (unpaired) electrons. The van der Waals surface area contributed by atoms with Gasteiger partial charge in [-0.15, -0.1) is 10.2 Å². The van der Waals surface area contributed by atoms with Crippen LogP contribution in [0.25, 0.3) is 0 Å². The predicted octanol–water partition coefficient (Wildman–Crippen LogP) is 3.61. The molecule has 2 N–H and O–H groups in total. The van der Waals surface area contributed by atoms with Crippen LogP contribution in [0.15, 0.2) is 72.8 Å². The van der Waals surface area contributed by atoms with Crippen LogP contribution in [0.3, 0.4) is 0 Å². The summed E-state index contributed by atoms with van der Waals surface area (Å²) in [6, 6.07) is 23.1. The van der Waals surface area contributed by atoms with Crippen LogP contribution >= 0.6 is 0 Å². The van der Waals surface area contributed by atoms with Crippen molar-refractivity contribution in [2.24, 2.45) is 0 Å². The SMILES string of the molecule is CN(C)CCCNc1ccc(NC(=O)C(c2ccccc2)c2ccccc2)nn1. The van der Waals surface area contributed by atoms with E-state index >= 15 is 0 Å². The van der Waals surface area contributed by atoms with Crippen LogP contribution < -0.4 is 10.6 Å². The van der Waals surface area contributed by atoms with Gasteiger partial charge < -0.3 is 15.5 Å². The Bertz CT molecular complexity index is 843. The average Bonchev–Trinajstić information content (AvgIpc) is 2.74. The van der Waals surface area contributed by atoms with E-state index < -0.39 is 5.92 Å². The minimum atomic E-state index is -0.414. The zero-order chi connectivity index (χ0) is 20.5. The third-order valence-corrected chi connectivity index (χ3v) is 4.53. The lowest BCUT2D eigenvalue weighted by Gasteiger charge is -2.17. The molecule has 0 saturated carbocycles. The van der Waals surface area contributed by atoms with E-state index in [9.17, 15) is 4.79 Å². The molecule has 0 saturated heterocycles. The van der Waals surface area contributed by atoms with Crippen LogP contribution in [-0.4, -0.2) is 48.2 Å². The monoisotopic (exact) mass is 389 g/mol. The summed E-state index contributed by atoms with van der Waals surface area (Å²) in [5.74, 6) is 0.585. The Balaban J connectivity index is 1.67.